The highest BCUT2D eigenvalue weighted by Gasteiger charge is 2.21. The highest BCUT2D eigenvalue weighted by molar-refractivity contribution is 5.88. The Morgan fingerprint density at radius 1 is 1.20 bits per heavy atom. The van der Waals surface area contributed by atoms with E-state index in [2.05, 4.69) is 65.8 Å². The molecule has 0 aliphatic heterocycles. The summed E-state index contributed by atoms with van der Waals surface area (Å²) in [6, 6.07) is 17.3. The molecule has 3 nitrogen and oxygen atoms in total. The number of hydrogen-bond donors (Lipinski definition) is 1. The standard InChI is InChI=1S/C22H26N2O/c1-17(25)23-21-12-10-19-11-13-22(16-20(19)15-21)24(2)14-6-9-18-7-4-3-5-8-18/h3-10,12,15,22H,11,13-14,16H2,1-2H3,(H,23,25). The zero-order chi connectivity index (χ0) is 17.6. The predicted molar refractivity (Wildman–Crippen MR) is 105 cm³/mol. The molecule has 2 aromatic carbocycles. The molecule has 0 saturated carbocycles. The molecule has 0 saturated heterocycles. The smallest absolute Gasteiger partial charge is 0.221 e. The molecule has 1 atom stereocenters. The van der Waals surface area contributed by atoms with E-state index in [1.165, 1.54) is 23.1 Å². The van der Waals surface area contributed by atoms with E-state index in [1.807, 2.05) is 12.1 Å². The fourth-order valence-corrected chi connectivity index (χ4v) is 3.46. The van der Waals surface area contributed by atoms with Crippen LogP contribution < -0.4 is 5.32 Å². The number of likely N-dealkylation sites (N-methyl/N-ethyl adjacent to an activating group) is 1. The molecule has 3 rings (SSSR count). The normalized spacial score (nSPS) is 16.8. The van der Waals surface area contributed by atoms with Crippen molar-refractivity contribution in [3.63, 3.8) is 0 Å². The van der Waals surface area contributed by atoms with E-state index in [4.69, 9.17) is 0 Å². The number of fused-ring (bicyclic) bond motifs is 1. The lowest BCUT2D eigenvalue weighted by Crippen LogP contribution is -2.36. The lowest BCUT2D eigenvalue weighted by Gasteiger charge is -2.32. The summed E-state index contributed by atoms with van der Waals surface area (Å²) in [5, 5.41) is 2.89. The molecule has 0 heterocycles. The molecule has 1 aliphatic carbocycles. The number of carbonyl (C=O) groups excluding carboxylic acids is 1. The molecule has 1 unspecified atom stereocenters. The Bertz CT molecular complexity index is 752. The van der Waals surface area contributed by atoms with Gasteiger partial charge >= 0.3 is 0 Å². The summed E-state index contributed by atoms with van der Waals surface area (Å²) in [5.74, 6) is -0.0181. The summed E-state index contributed by atoms with van der Waals surface area (Å²) in [7, 11) is 2.20. The summed E-state index contributed by atoms with van der Waals surface area (Å²) >= 11 is 0. The molecular formula is C22H26N2O. The molecule has 0 bridgehead atoms. The van der Waals surface area contributed by atoms with Gasteiger partial charge in [-0.25, -0.2) is 0 Å². The molecule has 0 spiro atoms. The van der Waals surface area contributed by atoms with Crippen LogP contribution in [0.15, 0.2) is 54.6 Å². The number of benzene rings is 2. The first-order valence-corrected chi connectivity index (χ1v) is 8.93. The maximum atomic E-state index is 11.3. The Kier molecular flexibility index (Phi) is 5.67. The largest absolute Gasteiger partial charge is 0.326 e. The number of rotatable bonds is 5. The summed E-state index contributed by atoms with van der Waals surface area (Å²) in [6.07, 6.45) is 7.74. The third-order valence-corrected chi connectivity index (χ3v) is 4.86. The van der Waals surface area contributed by atoms with Crippen molar-refractivity contribution in [3.05, 3.63) is 71.3 Å². The maximum absolute atomic E-state index is 11.3. The van der Waals surface area contributed by atoms with Crippen LogP contribution in [-0.4, -0.2) is 30.4 Å². The minimum atomic E-state index is -0.0181. The molecule has 0 radical (unpaired) electrons. The van der Waals surface area contributed by atoms with Gasteiger partial charge in [0, 0.05) is 25.2 Å². The molecule has 0 aromatic heterocycles. The Balaban J connectivity index is 1.61. The molecule has 1 amide bonds. The number of nitrogens with zero attached hydrogens (tertiary/aromatic N) is 1. The number of aryl methyl sites for hydroxylation is 1. The molecule has 0 fully saturated rings. The van der Waals surface area contributed by atoms with Gasteiger partial charge in [0.05, 0.1) is 0 Å². The van der Waals surface area contributed by atoms with Crippen LogP contribution >= 0.6 is 0 Å². The zero-order valence-electron chi connectivity index (χ0n) is 15.0. The molecule has 2 aromatic rings. The van der Waals surface area contributed by atoms with Crippen LogP contribution in [0, 0.1) is 0 Å². The fraction of sp³-hybridized carbons (Fsp3) is 0.318. The van der Waals surface area contributed by atoms with Crippen LogP contribution in [0.4, 0.5) is 5.69 Å². The van der Waals surface area contributed by atoms with Crippen LogP contribution in [0.25, 0.3) is 6.08 Å². The maximum Gasteiger partial charge on any atom is 0.221 e. The molecule has 1 aliphatic rings. The quantitative estimate of drug-likeness (QED) is 0.891. The summed E-state index contributed by atoms with van der Waals surface area (Å²) < 4.78 is 0. The zero-order valence-corrected chi connectivity index (χ0v) is 15.0. The molecule has 130 valence electrons. The first-order valence-electron chi connectivity index (χ1n) is 8.93. The molecule has 3 heteroatoms. The summed E-state index contributed by atoms with van der Waals surface area (Å²) in [4.78, 5) is 13.7. The van der Waals surface area contributed by atoms with Crippen LogP contribution in [-0.2, 0) is 17.6 Å². The van der Waals surface area contributed by atoms with Gasteiger partial charge in [0.25, 0.3) is 0 Å². The Labute approximate surface area is 150 Å². The Morgan fingerprint density at radius 2 is 2.00 bits per heavy atom. The molecule has 25 heavy (non-hydrogen) atoms. The Morgan fingerprint density at radius 3 is 2.76 bits per heavy atom. The van der Waals surface area contributed by atoms with Crippen molar-refractivity contribution in [1.82, 2.24) is 4.90 Å². The fourth-order valence-electron chi connectivity index (χ4n) is 3.46. The second-order valence-corrected chi connectivity index (χ2v) is 6.81. The van der Waals surface area contributed by atoms with Gasteiger partial charge < -0.3 is 5.32 Å². The number of carbonyl (C=O) groups is 1. The highest BCUT2D eigenvalue weighted by Crippen LogP contribution is 2.26. The second-order valence-electron chi connectivity index (χ2n) is 6.81. The number of nitrogens with one attached hydrogen (secondary N) is 1. The Hall–Kier alpha value is -2.39. The van der Waals surface area contributed by atoms with Gasteiger partial charge in [-0.1, -0.05) is 48.6 Å². The van der Waals surface area contributed by atoms with Crippen molar-refractivity contribution >= 4 is 17.7 Å². The van der Waals surface area contributed by atoms with E-state index in [0.29, 0.717) is 6.04 Å². The van der Waals surface area contributed by atoms with Gasteiger partial charge in [0.15, 0.2) is 0 Å². The SMILES string of the molecule is CC(=O)Nc1ccc2c(c1)CC(N(C)CC=Cc1ccccc1)CC2. The van der Waals surface area contributed by atoms with Gasteiger partial charge in [0.1, 0.15) is 0 Å². The van der Waals surface area contributed by atoms with E-state index in [0.717, 1.165) is 25.1 Å². The van der Waals surface area contributed by atoms with Crippen LogP contribution in [0.5, 0.6) is 0 Å². The van der Waals surface area contributed by atoms with E-state index >= 15 is 0 Å². The minimum Gasteiger partial charge on any atom is -0.326 e. The topological polar surface area (TPSA) is 32.3 Å². The van der Waals surface area contributed by atoms with Crippen molar-refractivity contribution in [2.75, 3.05) is 18.9 Å². The van der Waals surface area contributed by atoms with E-state index < -0.39 is 0 Å². The van der Waals surface area contributed by atoms with Gasteiger partial charge in [-0.3, -0.25) is 9.69 Å². The average molecular weight is 334 g/mol. The summed E-state index contributed by atoms with van der Waals surface area (Å²) in [6.45, 7) is 2.50. The van der Waals surface area contributed by atoms with Gasteiger partial charge in [-0.05, 0) is 55.1 Å². The van der Waals surface area contributed by atoms with Crippen LogP contribution in [0.3, 0.4) is 0 Å². The van der Waals surface area contributed by atoms with Gasteiger partial charge in [0.2, 0.25) is 5.91 Å². The van der Waals surface area contributed by atoms with Gasteiger partial charge in [-0.2, -0.15) is 0 Å². The van der Waals surface area contributed by atoms with Gasteiger partial charge in [-0.15, -0.1) is 0 Å². The van der Waals surface area contributed by atoms with Crippen LogP contribution in [0.1, 0.15) is 30.0 Å². The van der Waals surface area contributed by atoms with E-state index in [9.17, 15) is 4.79 Å². The monoisotopic (exact) mass is 334 g/mol. The number of anilines is 1. The van der Waals surface area contributed by atoms with E-state index in [1.54, 1.807) is 6.92 Å². The van der Waals surface area contributed by atoms with Crippen molar-refractivity contribution < 1.29 is 4.79 Å². The third kappa shape index (κ3) is 4.80. The first kappa shape index (κ1) is 17.4. The third-order valence-electron chi connectivity index (χ3n) is 4.86. The minimum absolute atomic E-state index is 0.0181. The number of amides is 1. The van der Waals surface area contributed by atoms with Crippen molar-refractivity contribution in [3.8, 4) is 0 Å². The lowest BCUT2D eigenvalue weighted by atomic mass is 9.87. The number of hydrogen-bond acceptors (Lipinski definition) is 2. The van der Waals surface area contributed by atoms with Crippen molar-refractivity contribution in [1.29, 1.82) is 0 Å². The summed E-state index contributed by atoms with van der Waals surface area (Å²) in [5.41, 5.74) is 4.92. The first-order chi connectivity index (χ1) is 12.1. The predicted octanol–water partition coefficient (Wildman–Crippen LogP) is 4.15. The lowest BCUT2D eigenvalue weighted by molar-refractivity contribution is -0.114. The van der Waals surface area contributed by atoms with Crippen LogP contribution in [0.2, 0.25) is 0 Å². The van der Waals surface area contributed by atoms with Crippen molar-refractivity contribution in [2.45, 2.75) is 32.2 Å². The average Bonchev–Trinajstić information content (AvgIpc) is 2.61. The second kappa shape index (κ2) is 8.13. The molecular weight excluding hydrogens is 308 g/mol. The highest BCUT2D eigenvalue weighted by atomic mass is 16.1. The van der Waals surface area contributed by atoms with Crippen molar-refractivity contribution in [2.24, 2.45) is 0 Å². The van der Waals surface area contributed by atoms with E-state index in [-0.39, 0.29) is 5.91 Å². The molecule has 1 N–H and O–H groups in total.